The molecule has 128 valence electrons. The topological polar surface area (TPSA) is 113 Å². The van der Waals surface area contributed by atoms with E-state index in [9.17, 15) is 19.5 Å². The van der Waals surface area contributed by atoms with Crippen LogP contribution in [0.2, 0.25) is 0 Å². The molecule has 3 rings (SSSR count). The number of para-hydroxylation sites is 1. The van der Waals surface area contributed by atoms with Crippen molar-refractivity contribution in [2.24, 2.45) is 0 Å². The molecule has 4 N–H and O–H groups in total. The third-order valence-electron chi connectivity index (χ3n) is 4.61. The highest BCUT2D eigenvalue weighted by Crippen LogP contribution is 2.55. The summed E-state index contributed by atoms with van der Waals surface area (Å²) in [5.41, 5.74) is 5.17. The lowest BCUT2D eigenvalue weighted by molar-refractivity contribution is -0.173. The zero-order valence-electron chi connectivity index (χ0n) is 13.4. The first-order valence-electron chi connectivity index (χ1n) is 7.57. The first-order chi connectivity index (χ1) is 11.2. The Hall–Kier alpha value is -2.22. The molecular weight excluding hydrogens is 330 g/mol. The van der Waals surface area contributed by atoms with Crippen LogP contribution in [0.3, 0.4) is 0 Å². The van der Waals surface area contributed by atoms with Crippen molar-refractivity contribution in [3.63, 3.8) is 0 Å². The average molecular weight is 349 g/mol. The number of nitrogens with one attached hydrogen (secondary N) is 1. The van der Waals surface area contributed by atoms with E-state index in [0.29, 0.717) is 17.7 Å². The molecule has 0 radical (unpaired) electrons. The molecule has 2 aliphatic rings. The number of rotatable bonds is 4. The van der Waals surface area contributed by atoms with Crippen LogP contribution in [0.1, 0.15) is 25.8 Å². The summed E-state index contributed by atoms with van der Waals surface area (Å²) in [6.07, 6.45) is 0.250. The molecule has 2 fully saturated rings. The highest BCUT2D eigenvalue weighted by molar-refractivity contribution is 8.01. The smallest absolute Gasteiger partial charge is 0.352 e. The number of hydrogen-bond acceptors (Lipinski definition) is 5. The van der Waals surface area contributed by atoms with E-state index < -0.39 is 22.3 Å². The molecule has 8 heteroatoms. The fourth-order valence-electron chi connectivity index (χ4n) is 3.34. The largest absolute Gasteiger partial charge is 0.478 e. The number of nitrogen functional groups attached to an aromatic ring is 1. The van der Waals surface area contributed by atoms with Gasteiger partial charge in [0.1, 0.15) is 0 Å². The normalized spacial score (nSPS) is 27.3. The number of thioether (sulfide) groups is 1. The van der Waals surface area contributed by atoms with Gasteiger partial charge in [-0.2, -0.15) is 0 Å². The predicted molar refractivity (Wildman–Crippen MR) is 90.0 cm³/mol. The van der Waals surface area contributed by atoms with Gasteiger partial charge in [-0.1, -0.05) is 18.2 Å². The van der Waals surface area contributed by atoms with Gasteiger partial charge in [0, 0.05) is 5.69 Å². The molecule has 0 aromatic heterocycles. The number of carboxylic acids is 1. The molecule has 2 amide bonds. The van der Waals surface area contributed by atoms with E-state index in [0.717, 1.165) is 0 Å². The van der Waals surface area contributed by atoms with E-state index >= 15 is 0 Å². The second-order valence-electron chi connectivity index (χ2n) is 6.49. The Balaban J connectivity index is 1.89. The first kappa shape index (κ1) is 16.6. The number of carboxylic acid groups (broad SMARTS) is 1. The zero-order valence-corrected chi connectivity index (χ0v) is 14.2. The number of nitrogens with zero attached hydrogens (tertiary/aromatic N) is 1. The fourth-order valence-corrected chi connectivity index (χ4v) is 5.03. The van der Waals surface area contributed by atoms with Gasteiger partial charge in [-0.05, 0) is 25.5 Å². The van der Waals surface area contributed by atoms with E-state index in [1.165, 1.54) is 16.7 Å². The third-order valence-corrected chi connectivity index (χ3v) is 6.14. The van der Waals surface area contributed by atoms with Gasteiger partial charge in [-0.3, -0.25) is 14.5 Å². The van der Waals surface area contributed by atoms with Crippen molar-refractivity contribution in [2.75, 3.05) is 5.73 Å². The minimum absolute atomic E-state index is 0.0465. The second kappa shape index (κ2) is 5.41. The Bertz CT molecular complexity index is 736. The molecule has 1 aromatic rings. The first-order valence-corrected chi connectivity index (χ1v) is 8.45. The summed E-state index contributed by atoms with van der Waals surface area (Å²) >= 11 is 1.39. The molecule has 2 saturated heterocycles. The highest BCUT2D eigenvalue weighted by Gasteiger charge is 2.70. The number of nitrogens with two attached hydrogens (primary N) is 1. The Morgan fingerprint density at radius 1 is 1.42 bits per heavy atom. The molecule has 1 aromatic carbocycles. The summed E-state index contributed by atoms with van der Waals surface area (Å²) in [6, 6.07) is 6.92. The number of fused-ring (bicyclic) bond motifs is 1. The van der Waals surface area contributed by atoms with Crippen LogP contribution >= 0.6 is 11.8 Å². The summed E-state index contributed by atoms with van der Waals surface area (Å²) in [7, 11) is 0. The minimum Gasteiger partial charge on any atom is -0.478 e. The van der Waals surface area contributed by atoms with Crippen molar-refractivity contribution in [3.05, 3.63) is 29.8 Å². The van der Waals surface area contributed by atoms with Gasteiger partial charge in [0.05, 0.1) is 23.0 Å². The average Bonchev–Trinajstić information content (AvgIpc) is 2.65. The summed E-state index contributed by atoms with van der Waals surface area (Å²) in [6.45, 7) is 3.46. The van der Waals surface area contributed by atoms with Crippen LogP contribution in [0.5, 0.6) is 0 Å². The monoisotopic (exact) mass is 349 g/mol. The standard InChI is InChI=1S/C16H19N3O4S/c1-15(2)16(14(22)23,19-12(21)8-13(19)24-15)18-11(20)7-9-5-3-4-6-10(9)17/h3-6,13H,7-8,17H2,1-2H3,(H,18,20)(H,22,23)/t13-,16+/m1/s1. The van der Waals surface area contributed by atoms with Gasteiger partial charge in [0.25, 0.3) is 0 Å². The fraction of sp³-hybridized carbons (Fsp3) is 0.438. The van der Waals surface area contributed by atoms with Crippen molar-refractivity contribution in [2.45, 2.75) is 42.5 Å². The lowest BCUT2D eigenvalue weighted by atomic mass is 9.89. The number of hydrogen-bond donors (Lipinski definition) is 3. The lowest BCUT2D eigenvalue weighted by Gasteiger charge is -2.46. The number of carbonyl (C=O) groups is 3. The van der Waals surface area contributed by atoms with E-state index in [1.54, 1.807) is 38.1 Å². The number of aliphatic carboxylic acids is 1. The zero-order chi connectivity index (χ0) is 17.7. The molecule has 7 nitrogen and oxygen atoms in total. The summed E-state index contributed by atoms with van der Waals surface area (Å²) in [5, 5.41) is 12.3. The maximum Gasteiger partial charge on any atom is 0.352 e. The molecular formula is C16H19N3O4S. The Morgan fingerprint density at radius 3 is 2.67 bits per heavy atom. The van der Waals surface area contributed by atoms with Crippen LogP contribution in [0, 0.1) is 0 Å². The van der Waals surface area contributed by atoms with Gasteiger partial charge < -0.3 is 16.2 Å². The van der Waals surface area contributed by atoms with Gasteiger partial charge in [0.15, 0.2) is 0 Å². The van der Waals surface area contributed by atoms with E-state index in [2.05, 4.69) is 5.32 Å². The van der Waals surface area contributed by atoms with Crippen molar-refractivity contribution in [3.8, 4) is 0 Å². The van der Waals surface area contributed by atoms with Crippen molar-refractivity contribution in [1.29, 1.82) is 0 Å². The van der Waals surface area contributed by atoms with Crippen LogP contribution in [-0.4, -0.2) is 43.6 Å². The predicted octanol–water partition coefficient (Wildman–Crippen LogP) is 0.792. The second-order valence-corrected chi connectivity index (χ2v) is 8.29. The molecule has 0 aliphatic carbocycles. The molecule has 24 heavy (non-hydrogen) atoms. The summed E-state index contributed by atoms with van der Waals surface area (Å²) in [4.78, 5) is 37.9. The van der Waals surface area contributed by atoms with Crippen LogP contribution < -0.4 is 11.1 Å². The quantitative estimate of drug-likeness (QED) is 0.547. The third kappa shape index (κ3) is 2.24. The van der Waals surface area contributed by atoms with Crippen LogP contribution in [0.4, 0.5) is 5.69 Å². The maximum absolute atomic E-state index is 12.5. The molecule has 0 unspecified atom stereocenters. The molecule has 0 bridgehead atoms. The van der Waals surface area contributed by atoms with E-state index in [4.69, 9.17) is 5.73 Å². The van der Waals surface area contributed by atoms with Crippen LogP contribution in [0.25, 0.3) is 0 Å². The molecule has 2 atom stereocenters. The molecule has 2 aliphatic heterocycles. The van der Waals surface area contributed by atoms with Gasteiger partial charge in [-0.25, -0.2) is 4.79 Å². The number of carbonyl (C=O) groups excluding carboxylic acids is 2. The van der Waals surface area contributed by atoms with Crippen LogP contribution in [-0.2, 0) is 20.8 Å². The van der Waals surface area contributed by atoms with Gasteiger partial charge in [0.2, 0.25) is 17.5 Å². The van der Waals surface area contributed by atoms with E-state index in [-0.39, 0.29) is 17.7 Å². The summed E-state index contributed by atoms with van der Waals surface area (Å²) in [5.74, 6) is -1.98. The number of anilines is 1. The lowest BCUT2D eigenvalue weighted by Crippen LogP contribution is -2.75. The van der Waals surface area contributed by atoms with Gasteiger partial charge in [-0.15, -0.1) is 11.8 Å². The van der Waals surface area contributed by atoms with Crippen molar-refractivity contribution < 1.29 is 19.5 Å². The number of benzene rings is 1. The van der Waals surface area contributed by atoms with Crippen molar-refractivity contribution in [1.82, 2.24) is 10.2 Å². The Morgan fingerprint density at radius 2 is 2.08 bits per heavy atom. The van der Waals surface area contributed by atoms with Crippen LogP contribution in [0.15, 0.2) is 24.3 Å². The van der Waals surface area contributed by atoms with Crippen molar-refractivity contribution >= 4 is 35.2 Å². The molecule has 0 saturated carbocycles. The van der Waals surface area contributed by atoms with Gasteiger partial charge >= 0.3 is 5.97 Å². The molecule has 2 heterocycles. The number of β-lactam (4-membered cyclic amide) rings is 1. The minimum atomic E-state index is -1.75. The number of amides is 2. The highest BCUT2D eigenvalue weighted by atomic mass is 32.2. The molecule has 0 spiro atoms. The Kier molecular flexibility index (Phi) is 3.75. The summed E-state index contributed by atoms with van der Waals surface area (Å²) < 4.78 is -0.854. The Labute approximate surface area is 143 Å². The maximum atomic E-state index is 12.5. The van der Waals surface area contributed by atoms with E-state index in [1.807, 2.05) is 0 Å². The SMILES string of the molecule is CC1(C)S[C@@H]2CC(=O)N2[C@@]1(NC(=O)Cc1ccccc1N)C(=O)O.